The molecule has 0 aliphatic rings. The second-order valence-electron chi connectivity index (χ2n) is 3.79. The summed E-state index contributed by atoms with van der Waals surface area (Å²) in [4.78, 5) is 12.7. The summed E-state index contributed by atoms with van der Waals surface area (Å²) in [5, 5.41) is 0. The fourth-order valence-electron chi connectivity index (χ4n) is 1.53. The molecule has 5 heteroatoms. The van der Waals surface area contributed by atoms with E-state index in [1.807, 2.05) is 22.8 Å². The van der Waals surface area contributed by atoms with Gasteiger partial charge in [-0.1, -0.05) is 18.2 Å². The van der Waals surface area contributed by atoms with Crippen molar-refractivity contribution in [2.24, 2.45) is 0 Å². The standard InChI is InChI=1S/C13H13BrN2OS/c14-11-8-16(9-12(15)13(11)17)6-7-18-10-4-2-1-3-5-10/h1-5,8-9H,6-7,15H2. The largest absolute Gasteiger partial charge is 0.394 e. The number of aryl methyl sites for hydroxylation is 1. The van der Waals surface area contributed by atoms with Gasteiger partial charge in [-0.05, 0) is 28.1 Å². The summed E-state index contributed by atoms with van der Waals surface area (Å²) in [6.45, 7) is 0.808. The van der Waals surface area contributed by atoms with Gasteiger partial charge in [-0.3, -0.25) is 4.79 Å². The second-order valence-corrected chi connectivity index (χ2v) is 5.81. The zero-order valence-electron chi connectivity index (χ0n) is 9.67. The Bertz CT molecular complexity index is 557. The van der Waals surface area contributed by atoms with E-state index in [-0.39, 0.29) is 11.1 Å². The molecular formula is C13H13BrN2OS. The molecule has 0 aliphatic heterocycles. The van der Waals surface area contributed by atoms with Crippen LogP contribution in [0.25, 0.3) is 0 Å². The Hall–Kier alpha value is -1.20. The maximum Gasteiger partial charge on any atom is 0.218 e. The highest BCUT2D eigenvalue weighted by molar-refractivity contribution is 9.10. The van der Waals surface area contributed by atoms with E-state index < -0.39 is 0 Å². The Morgan fingerprint density at radius 3 is 2.61 bits per heavy atom. The maximum absolute atomic E-state index is 11.4. The van der Waals surface area contributed by atoms with Crippen LogP contribution in [-0.4, -0.2) is 10.3 Å². The van der Waals surface area contributed by atoms with Gasteiger partial charge in [0.05, 0.1) is 10.2 Å². The van der Waals surface area contributed by atoms with Crippen molar-refractivity contribution in [3.8, 4) is 0 Å². The van der Waals surface area contributed by atoms with Crippen LogP contribution < -0.4 is 11.2 Å². The Morgan fingerprint density at radius 2 is 1.94 bits per heavy atom. The number of nitrogen functional groups attached to an aromatic ring is 1. The highest BCUT2D eigenvalue weighted by Gasteiger charge is 2.02. The number of halogens is 1. The lowest BCUT2D eigenvalue weighted by Crippen LogP contribution is -2.13. The third-order valence-corrected chi connectivity index (χ3v) is 3.98. The SMILES string of the molecule is Nc1cn(CCSc2ccccc2)cc(Br)c1=O. The molecule has 0 saturated heterocycles. The Balaban J connectivity index is 1.97. The zero-order valence-corrected chi connectivity index (χ0v) is 12.1. The molecule has 2 N–H and O–H groups in total. The minimum atomic E-state index is -0.151. The van der Waals surface area contributed by atoms with Crippen LogP contribution in [-0.2, 0) is 6.54 Å². The van der Waals surface area contributed by atoms with Crippen molar-refractivity contribution in [1.29, 1.82) is 0 Å². The quantitative estimate of drug-likeness (QED) is 0.879. The predicted octanol–water partition coefficient (Wildman–Crippen LogP) is 2.99. The number of pyridine rings is 1. The molecule has 0 unspecified atom stereocenters. The van der Waals surface area contributed by atoms with Crippen LogP contribution >= 0.6 is 27.7 Å². The van der Waals surface area contributed by atoms with Crippen molar-refractivity contribution >= 4 is 33.4 Å². The summed E-state index contributed by atoms with van der Waals surface area (Å²) in [5.74, 6) is 0.929. The lowest BCUT2D eigenvalue weighted by Gasteiger charge is -2.08. The van der Waals surface area contributed by atoms with Crippen molar-refractivity contribution in [3.05, 3.63) is 57.4 Å². The molecule has 1 aromatic heterocycles. The van der Waals surface area contributed by atoms with Crippen LogP contribution in [0.1, 0.15) is 0 Å². The molecule has 2 aromatic rings. The Labute approximate surface area is 118 Å². The molecule has 1 aromatic carbocycles. The summed E-state index contributed by atoms with van der Waals surface area (Å²) in [6, 6.07) is 10.2. The first-order valence-electron chi connectivity index (χ1n) is 5.50. The molecule has 3 nitrogen and oxygen atoms in total. The summed E-state index contributed by atoms with van der Waals surface area (Å²) in [5.41, 5.74) is 5.76. The Kier molecular flexibility index (Phi) is 4.49. The number of nitrogens with two attached hydrogens (primary N) is 1. The first kappa shape index (κ1) is 13.2. The molecule has 0 aliphatic carbocycles. The lowest BCUT2D eigenvalue weighted by molar-refractivity contribution is 0.761. The van der Waals surface area contributed by atoms with Crippen molar-refractivity contribution in [1.82, 2.24) is 4.57 Å². The van der Waals surface area contributed by atoms with Gasteiger partial charge in [0, 0.05) is 29.6 Å². The number of nitrogens with zero attached hydrogens (tertiary/aromatic N) is 1. The summed E-state index contributed by atoms with van der Waals surface area (Å²) >= 11 is 4.99. The predicted molar refractivity (Wildman–Crippen MR) is 80.0 cm³/mol. The number of aromatic nitrogens is 1. The minimum absolute atomic E-state index is 0.151. The number of benzene rings is 1. The van der Waals surface area contributed by atoms with Crippen LogP contribution in [0.15, 0.2) is 56.9 Å². The Morgan fingerprint density at radius 1 is 1.22 bits per heavy atom. The molecule has 0 fully saturated rings. The van der Waals surface area contributed by atoms with Crippen molar-refractivity contribution < 1.29 is 0 Å². The van der Waals surface area contributed by atoms with E-state index in [0.29, 0.717) is 4.47 Å². The fourth-order valence-corrected chi connectivity index (χ4v) is 2.91. The summed E-state index contributed by atoms with van der Waals surface area (Å²) in [6.07, 6.45) is 3.45. The molecular weight excluding hydrogens is 312 g/mol. The number of rotatable bonds is 4. The molecule has 0 bridgehead atoms. The van der Waals surface area contributed by atoms with Gasteiger partial charge in [0.25, 0.3) is 0 Å². The second kappa shape index (κ2) is 6.11. The van der Waals surface area contributed by atoms with Gasteiger partial charge in [0.2, 0.25) is 5.43 Å². The third-order valence-electron chi connectivity index (χ3n) is 2.42. The van der Waals surface area contributed by atoms with Crippen LogP contribution in [0.3, 0.4) is 0 Å². The van der Waals surface area contributed by atoms with Gasteiger partial charge in [-0.15, -0.1) is 11.8 Å². The smallest absolute Gasteiger partial charge is 0.218 e. The maximum atomic E-state index is 11.4. The van der Waals surface area contributed by atoms with Crippen LogP contribution in [0.2, 0.25) is 0 Å². The zero-order chi connectivity index (χ0) is 13.0. The van der Waals surface area contributed by atoms with Crippen LogP contribution in [0.4, 0.5) is 5.69 Å². The first-order valence-corrected chi connectivity index (χ1v) is 7.27. The van der Waals surface area contributed by atoms with Crippen molar-refractivity contribution in [2.45, 2.75) is 11.4 Å². The molecule has 0 radical (unpaired) electrons. The fraction of sp³-hybridized carbons (Fsp3) is 0.154. The van der Waals surface area contributed by atoms with E-state index >= 15 is 0 Å². The molecule has 0 amide bonds. The third kappa shape index (κ3) is 3.40. The topological polar surface area (TPSA) is 48.0 Å². The first-order chi connectivity index (χ1) is 8.66. The van der Waals surface area contributed by atoms with Crippen LogP contribution in [0, 0.1) is 0 Å². The highest BCUT2D eigenvalue weighted by Crippen LogP contribution is 2.17. The highest BCUT2D eigenvalue weighted by atomic mass is 79.9. The summed E-state index contributed by atoms with van der Waals surface area (Å²) in [7, 11) is 0. The van der Waals surface area contributed by atoms with Crippen molar-refractivity contribution in [2.75, 3.05) is 11.5 Å². The molecule has 0 saturated carbocycles. The number of thioether (sulfide) groups is 1. The minimum Gasteiger partial charge on any atom is -0.394 e. The van der Waals surface area contributed by atoms with E-state index in [1.165, 1.54) is 4.90 Å². The average Bonchev–Trinajstić information content (AvgIpc) is 2.37. The number of anilines is 1. The number of hydrogen-bond donors (Lipinski definition) is 1. The molecule has 1 heterocycles. The number of hydrogen-bond acceptors (Lipinski definition) is 3. The summed E-state index contributed by atoms with van der Waals surface area (Å²) < 4.78 is 2.43. The van der Waals surface area contributed by atoms with E-state index in [0.717, 1.165) is 12.3 Å². The van der Waals surface area contributed by atoms with Gasteiger partial charge in [0.1, 0.15) is 0 Å². The normalized spacial score (nSPS) is 10.5. The van der Waals surface area contributed by atoms with Crippen molar-refractivity contribution in [3.63, 3.8) is 0 Å². The molecule has 0 spiro atoms. The van der Waals surface area contributed by atoms with E-state index in [4.69, 9.17) is 5.73 Å². The van der Waals surface area contributed by atoms with E-state index in [1.54, 1.807) is 24.2 Å². The van der Waals surface area contributed by atoms with Gasteiger partial charge in [0.15, 0.2) is 0 Å². The van der Waals surface area contributed by atoms with Gasteiger partial charge < -0.3 is 10.3 Å². The van der Waals surface area contributed by atoms with Gasteiger partial charge in [-0.25, -0.2) is 0 Å². The van der Waals surface area contributed by atoms with Crippen LogP contribution in [0.5, 0.6) is 0 Å². The molecule has 18 heavy (non-hydrogen) atoms. The molecule has 0 atom stereocenters. The molecule has 94 valence electrons. The molecule has 2 rings (SSSR count). The average molecular weight is 325 g/mol. The monoisotopic (exact) mass is 324 g/mol. The van der Waals surface area contributed by atoms with E-state index in [2.05, 4.69) is 28.1 Å². The van der Waals surface area contributed by atoms with Gasteiger partial charge in [-0.2, -0.15) is 0 Å². The van der Waals surface area contributed by atoms with E-state index in [9.17, 15) is 4.79 Å². The van der Waals surface area contributed by atoms with Gasteiger partial charge >= 0.3 is 0 Å². The lowest BCUT2D eigenvalue weighted by atomic mass is 10.4.